The molecule has 7 heteroatoms. The zero-order valence-electron chi connectivity index (χ0n) is 10.0. The number of nitrogens with zero attached hydrogens (tertiary/aromatic N) is 1. The van der Waals surface area contributed by atoms with E-state index >= 15 is 0 Å². The average Bonchev–Trinajstić information content (AvgIpc) is 2.42. The van der Waals surface area contributed by atoms with Crippen molar-refractivity contribution in [3.8, 4) is 5.75 Å². The Morgan fingerprint density at radius 2 is 1.85 bits per heavy atom. The normalized spacial score (nSPS) is 10.1. The number of nitro benzene ring substituents is 1. The molecule has 0 atom stereocenters. The van der Waals surface area contributed by atoms with E-state index in [9.17, 15) is 19.3 Å². The summed E-state index contributed by atoms with van der Waals surface area (Å²) in [6.07, 6.45) is 0. The number of benzene rings is 2. The van der Waals surface area contributed by atoms with Crippen LogP contribution in [0, 0.1) is 15.9 Å². The molecule has 2 aromatic carbocycles. The van der Waals surface area contributed by atoms with Gasteiger partial charge in [-0.1, -0.05) is 0 Å². The van der Waals surface area contributed by atoms with Crippen molar-refractivity contribution in [1.82, 2.24) is 0 Å². The highest BCUT2D eigenvalue weighted by molar-refractivity contribution is 6.04. The average molecular weight is 276 g/mol. The van der Waals surface area contributed by atoms with Gasteiger partial charge in [0.2, 0.25) is 0 Å². The summed E-state index contributed by atoms with van der Waals surface area (Å²) in [7, 11) is 0. The molecule has 0 bridgehead atoms. The van der Waals surface area contributed by atoms with Crippen molar-refractivity contribution >= 4 is 17.3 Å². The first-order chi connectivity index (χ1) is 9.47. The quantitative estimate of drug-likeness (QED) is 0.512. The minimum atomic E-state index is -0.778. The van der Waals surface area contributed by atoms with Crippen molar-refractivity contribution < 1.29 is 19.2 Å². The summed E-state index contributed by atoms with van der Waals surface area (Å²) >= 11 is 0. The van der Waals surface area contributed by atoms with E-state index in [-0.39, 0.29) is 22.7 Å². The van der Waals surface area contributed by atoms with E-state index in [0.717, 1.165) is 6.07 Å². The van der Waals surface area contributed by atoms with Gasteiger partial charge in [-0.2, -0.15) is 0 Å². The largest absolute Gasteiger partial charge is 0.508 e. The number of carbonyl (C=O) groups excluding carboxylic acids is 1. The Labute approximate surface area is 112 Å². The Bertz CT molecular complexity index is 671. The number of rotatable bonds is 3. The summed E-state index contributed by atoms with van der Waals surface area (Å²) in [4.78, 5) is 21.7. The lowest BCUT2D eigenvalue weighted by Gasteiger charge is -2.06. The molecular formula is C13H9FN2O4. The highest BCUT2D eigenvalue weighted by Crippen LogP contribution is 2.20. The van der Waals surface area contributed by atoms with Crippen LogP contribution in [0.2, 0.25) is 0 Å². The van der Waals surface area contributed by atoms with E-state index in [2.05, 4.69) is 5.32 Å². The predicted octanol–water partition coefficient (Wildman–Crippen LogP) is 2.69. The van der Waals surface area contributed by atoms with Crippen LogP contribution in [-0.2, 0) is 0 Å². The zero-order chi connectivity index (χ0) is 14.7. The van der Waals surface area contributed by atoms with E-state index in [1.807, 2.05) is 0 Å². The van der Waals surface area contributed by atoms with Crippen molar-refractivity contribution in [1.29, 1.82) is 0 Å². The number of halogens is 1. The number of phenolic OH excluding ortho intramolecular Hbond substituents is 1. The van der Waals surface area contributed by atoms with Crippen LogP contribution in [0.15, 0.2) is 42.5 Å². The summed E-state index contributed by atoms with van der Waals surface area (Å²) < 4.78 is 13.4. The molecule has 0 aliphatic rings. The fraction of sp³-hybridized carbons (Fsp3) is 0. The van der Waals surface area contributed by atoms with Crippen LogP contribution in [0.25, 0.3) is 0 Å². The number of nitrogens with one attached hydrogen (secondary N) is 1. The monoisotopic (exact) mass is 276 g/mol. The second-order valence-electron chi connectivity index (χ2n) is 3.92. The maximum Gasteiger partial charge on any atom is 0.269 e. The molecule has 0 radical (unpaired) electrons. The molecule has 0 saturated carbocycles. The smallest absolute Gasteiger partial charge is 0.269 e. The lowest BCUT2D eigenvalue weighted by molar-refractivity contribution is -0.384. The first-order valence-corrected chi connectivity index (χ1v) is 5.51. The van der Waals surface area contributed by atoms with E-state index in [1.54, 1.807) is 0 Å². The third-order valence-electron chi connectivity index (χ3n) is 2.54. The molecule has 0 aromatic heterocycles. The first-order valence-electron chi connectivity index (χ1n) is 5.51. The third-order valence-corrected chi connectivity index (χ3v) is 2.54. The molecule has 0 spiro atoms. The highest BCUT2D eigenvalue weighted by atomic mass is 19.1. The lowest BCUT2D eigenvalue weighted by atomic mass is 10.2. The van der Waals surface area contributed by atoms with Crippen molar-refractivity contribution in [3.63, 3.8) is 0 Å². The number of amides is 1. The van der Waals surface area contributed by atoms with Crippen LogP contribution in [0.3, 0.4) is 0 Å². The Balaban J connectivity index is 2.17. The Morgan fingerprint density at radius 1 is 1.20 bits per heavy atom. The summed E-state index contributed by atoms with van der Waals surface area (Å²) in [5.74, 6) is -1.64. The molecule has 2 N–H and O–H groups in total. The molecule has 2 aromatic rings. The van der Waals surface area contributed by atoms with Crippen LogP contribution in [-0.4, -0.2) is 15.9 Å². The van der Waals surface area contributed by atoms with E-state index < -0.39 is 16.6 Å². The Hall–Kier alpha value is -2.96. The zero-order valence-corrected chi connectivity index (χ0v) is 10.0. The predicted molar refractivity (Wildman–Crippen MR) is 69.1 cm³/mol. The van der Waals surface area contributed by atoms with Crippen LogP contribution >= 0.6 is 0 Å². The molecule has 0 fully saturated rings. The number of nitro groups is 1. The van der Waals surface area contributed by atoms with E-state index in [0.29, 0.717) is 0 Å². The van der Waals surface area contributed by atoms with Gasteiger partial charge < -0.3 is 10.4 Å². The second kappa shape index (κ2) is 5.35. The van der Waals surface area contributed by atoms with Gasteiger partial charge >= 0.3 is 0 Å². The van der Waals surface area contributed by atoms with Gasteiger partial charge in [-0.25, -0.2) is 4.39 Å². The number of aromatic hydroxyl groups is 1. The minimum Gasteiger partial charge on any atom is -0.508 e. The van der Waals surface area contributed by atoms with Gasteiger partial charge in [0.15, 0.2) is 0 Å². The van der Waals surface area contributed by atoms with Gasteiger partial charge in [-0.05, 0) is 24.3 Å². The van der Waals surface area contributed by atoms with Crippen LogP contribution < -0.4 is 5.32 Å². The van der Waals surface area contributed by atoms with Gasteiger partial charge in [-0.3, -0.25) is 14.9 Å². The van der Waals surface area contributed by atoms with Crippen LogP contribution in [0.4, 0.5) is 15.8 Å². The molecular weight excluding hydrogens is 267 g/mol. The number of hydrogen-bond donors (Lipinski definition) is 2. The SMILES string of the molecule is O=C(Nc1ccc(O)cc1F)c1ccc([N+](=O)[O-])cc1. The first kappa shape index (κ1) is 13.5. The maximum atomic E-state index is 13.4. The maximum absolute atomic E-state index is 13.4. The van der Waals surface area contributed by atoms with Crippen molar-refractivity contribution in [2.75, 3.05) is 5.32 Å². The van der Waals surface area contributed by atoms with E-state index in [1.165, 1.54) is 36.4 Å². The molecule has 0 unspecified atom stereocenters. The van der Waals surface area contributed by atoms with Crippen molar-refractivity contribution in [2.45, 2.75) is 0 Å². The summed E-state index contributed by atoms with van der Waals surface area (Å²) in [5, 5.41) is 21.8. The molecule has 1 amide bonds. The molecule has 20 heavy (non-hydrogen) atoms. The molecule has 0 saturated heterocycles. The molecule has 6 nitrogen and oxygen atoms in total. The third kappa shape index (κ3) is 2.89. The number of carbonyl (C=O) groups is 1. The molecule has 0 aliphatic heterocycles. The van der Waals surface area contributed by atoms with Crippen molar-refractivity contribution in [3.05, 3.63) is 64.0 Å². The number of anilines is 1. The molecule has 2 rings (SSSR count). The lowest BCUT2D eigenvalue weighted by Crippen LogP contribution is -2.12. The molecule has 102 valence electrons. The Kier molecular flexibility index (Phi) is 3.60. The van der Waals surface area contributed by atoms with Gasteiger partial charge in [0.1, 0.15) is 11.6 Å². The molecule has 0 aliphatic carbocycles. The van der Waals surface area contributed by atoms with Crippen LogP contribution in [0.5, 0.6) is 5.75 Å². The van der Waals surface area contributed by atoms with Gasteiger partial charge in [0.25, 0.3) is 11.6 Å². The standard InChI is InChI=1S/C13H9FN2O4/c14-11-7-10(17)5-6-12(11)15-13(18)8-1-3-9(4-2-8)16(19)20/h1-7,17H,(H,15,18). The number of hydrogen-bond acceptors (Lipinski definition) is 4. The summed E-state index contributed by atoms with van der Waals surface area (Å²) in [6, 6.07) is 8.22. The fourth-order valence-corrected chi connectivity index (χ4v) is 1.53. The van der Waals surface area contributed by atoms with Gasteiger partial charge in [0, 0.05) is 23.8 Å². The van der Waals surface area contributed by atoms with Crippen LogP contribution in [0.1, 0.15) is 10.4 Å². The van der Waals surface area contributed by atoms with Crippen molar-refractivity contribution in [2.24, 2.45) is 0 Å². The second-order valence-corrected chi connectivity index (χ2v) is 3.92. The van der Waals surface area contributed by atoms with Gasteiger partial charge in [-0.15, -0.1) is 0 Å². The topological polar surface area (TPSA) is 92.5 Å². The number of phenols is 1. The van der Waals surface area contributed by atoms with Gasteiger partial charge in [0.05, 0.1) is 10.6 Å². The Morgan fingerprint density at radius 3 is 2.40 bits per heavy atom. The highest BCUT2D eigenvalue weighted by Gasteiger charge is 2.11. The summed E-state index contributed by atoms with van der Waals surface area (Å²) in [6.45, 7) is 0. The van der Waals surface area contributed by atoms with E-state index in [4.69, 9.17) is 5.11 Å². The fourth-order valence-electron chi connectivity index (χ4n) is 1.53. The minimum absolute atomic E-state index is 0.0915. The molecule has 0 heterocycles. The number of non-ortho nitro benzene ring substituents is 1. The summed E-state index contributed by atoms with van der Waals surface area (Å²) in [5.41, 5.74) is -0.0772.